The zero-order chi connectivity index (χ0) is 10.0. The van der Waals surface area contributed by atoms with Gasteiger partial charge in [-0.05, 0) is 13.3 Å². The smallest absolute Gasteiger partial charge is 0.307 e. The van der Waals surface area contributed by atoms with Crippen LogP contribution >= 0.6 is 0 Å². The van der Waals surface area contributed by atoms with E-state index in [2.05, 4.69) is 5.32 Å². The SMILES string of the molecule is C[C@H](CO)NC(=O)C1CC1C(=O)O. The normalized spacial score (nSPS) is 27.8. The van der Waals surface area contributed by atoms with Gasteiger partial charge in [-0.15, -0.1) is 0 Å². The van der Waals surface area contributed by atoms with E-state index in [1.54, 1.807) is 6.92 Å². The van der Waals surface area contributed by atoms with Gasteiger partial charge in [-0.25, -0.2) is 0 Å². The van der Waals surface area contributed by atoms with Gasteiger partial charge in [-0.2, -0.15) is 0 Å². The summed E-state index contributed by atoms with van der Waals surface area (Å²) in [7, 11) is 0. The van der Waals surface area contributed by atoms with Crippen LogP contribution in [0.3, 0.4) is 0 Å². The van der Waals surface area contributed by atoms with Gasteiger partial charge in [-0.1, -0.05) is 0 Å². The summed E-state index contributed by atoms with van der Waals surface area (Å²) >= 11 is 0. The van der Waals surface area contributed by atoms with E-state index in [1.807, 2.05) is 0 Å². The van der Waals surface area contributed by atoms with E-state index in [0.29, 0.717) is 6.42 Å². The van der Waals surface area contributed by atoms with Gasteiger partial charge in [0.05, 0.1) is 18.4 Å². The maximum Gasteiger partial charge on any atom is 0.307 e. The number of carbonyl (C=O) groups excluding carboxylic acids is 1. The molecule has 0 aromatic heterocycles. The van der Waals surface area contributed by atoms with E-state index in [9.17, 15) is 9.59 Å². The van der Waals surface area contributed by atoms with Crippen LogP contribution < -0.4 is 5.32 Å². The molecule has 0 radical (unpaired) electrons. The van der Waals surface area contributed by atoms with Crippen molar-refractivity contribution < 1.29 is 19.8 Å². The largest absolute Gasteiger partial charge is 0.481 e. The van der Waals surface area contributed by atoms with Gasteiger partial charge in [0.25, 0.3) is 0 Å². The predicted molar refractivity (Wildman–Crippen MR) is 43.9 cm³/mol. The highest BCUT2D eigenvalue weighted by Gasteiger charge is 2.48. The van der Waals surface area contributed by atoms with E-state index < -0.39 is 17.8 Å². The van der Waals surface area contributed by atoms with Crippen molar-refractivity contribution in [2.24, 2.45) is 11.8 Å². The second-order valence-corrected chi connectivity index (χ2v) is 3.38. The van der Waals surface area contributed by atoms with Crippen molar-refractivity contribution in [1.29, 1.82) is 0 Å². The van der Waals surface area contributed by atoms with E-state index >= 15 is 0 Å². The van der Waals surface area contributed by atoms with Crippen LogP contribution in [0.15, 0.2) is 0 Å². The molecular formula is C8H13NO4. The zero-order valence-corrected chi connectivity index (χ0v) is 7.36. The number of carboxylic acids is 1. The molecular weight excluding hydrogens is 174 g/mol. The van der Waals surface area contributed by atoms with Crippen LogP contribution in [0.4, 0.5) is 0 Å². The van der Waals surface area contributed by atoms with Crippen LogP contribution in [-0.2, 0) is 9.59 Å². The number of hydrogen-bond acceptors (Lipinski definition) is 3. The first-order valence-corrected chi connectivity index (χ1v) is 4.20. The van der Waals surface area contributed by atoms with E-state index in [-0.39, 0.29) is 18.6 Å². The van der Waals surface area contributed by atoms with Gasteiger partial charge in [0, 0.05) is 6.04 Å². The molecule has 74 valence electrons. The summed E-state index contributed by atoms with van der Waals surface area (Å²) in [5, 5.41) is 19.7. The summed E-state index contributed by atoms with van der Waals surface area (Å²) in [5.41, 5.74) is 0. The third-order valence-electron chi connectivity index (χ3n) is 2.11. The second-order valence-electron chi connectivity index (χ2n) is 3.38. The molecule has 0 aromatic rings. The Morgan fingerprint density at radius 1 is 1.54 bits per heavy atom. The number of nitrogens with one attached hydrogen (secondary N) is 1. The first kappa shape index (κ1) is 9.98. The first-order chi connectivity index (χ1) is 6.06. The molecule has 3 N–H and O–H groups in total. The molecule has 0 aliphatic heterocycles. The standard InChI is InChI=1S/C8H13NO4/c1-4(3-10)9-7(11)5-2-6(5)8(12)13/h4-6,10H,2-3H2,1H3,(H,9,11)(H,12,13)/t4-,5?,6?/m1/s1. The van der Waals surface area contributed by atoms with Gasteiger partial charge in [0.2, 0.25) is 5.91 Å². The van der Waals surface area contributed by atoms with Gasteiger partial charge in [-0.3, -0.25) is 9.59 Å². The highest BCUT2D eigenvalue weighted by Crippen LogP contribution is 2.38. The Labute approximate surface area is 75.7 Å². The number of aliphatic hydroxyl groups is 1. The van der Waals surface area contributed by atoms with Gasteiger partial charge < -0.3 is 15.5 Å². The summed E-state index contributed by atoms with van der Waals surface area (Å²) in [6.07, 6.45) is 0.416. The van der Waals surface area contributed by atoms with Crippen molar-refractivity contribution in [3.05, 3.63) is 0 Å². The van der Waals surface area contributed by atoms with Crippen molar-refractivity contribution in [3.63, 3.8) is 0 Å². The zero-order valence-electron chi connectivity index (χ0n) is 7.36. The molecule has 2 unspecified atom stereocenters. The van der Waals surface area contributed by atoms with Crippen LogP contribution in [0.5, 0.6) is 0 Å². The summed E-state index contributed by atoms with van der Waals surface area (Å²) < 4.78 is 0. The lowest BCUT2D eigenvalue weighted by molar-refractivity contribution is -0.140. The maximum atomic E-state index is 11.2. The van der Waals surface area contributed by atoms with Crippen LogP contribution in [-0.4, -0.2) is 34.7 Å². The highest BCUT2D eigenvalue weighted by atomic mass is 16.4. The molecule has 1 rings (SSSR count). The van der Waals surface area contributed by atoms with Crippen LogP contribution in [0.2, 0.25) is 0 Å². The number of carboxylic acid groups (broad SMARTS) is 1. The van der Waals surface area contributed by atoms with E-state index in [0.717, 1.165) is 0 Å². The molecule has 1 aliphatic rings. The number of hydrogen-bond donors (Lipinski definition) is 3. The number of aliphatic carboxylic acids is 1. The molecule has 1 fully saturated rings. The second kappa shape index (κ2) is 3.74. The molecule has 13 heavy (non-hydrogen) atoms. The molecule has 3 atom stereocenters. The molecule has 1 aliphatic carbocycles. The van der Waals surface area contributed by atoms with E-state index in [1.165, 1.54) is 0 Å². The number of amides is 1. The van der Waals surface area contributed by atoms with Gasteiger partial charge in [0.1, 0.15) is 0 Å². The summed E-state index contributed by atoms with van der Waals surface area (Å²) in [4.78, 5) is 21.6. The van der Waals surface area contributed by atoms with Crippen molar-refractivity contribution >= 4 is 11.9 Å². The molecule has 5 heteroatoms. The highest BCUT2D eigenvalue weighted by molar-refractivity contribution is 5.89. The summed E-state index contributed by atoms with van der Waals surface area (Å²) in [6.45, 7) is 1.53. The number of carbonyl (C=O) groups is 2. The molecule has 0 heterocycles. The van der Waals surface area contributed by atoms with Crippen molar-refractivity contribution in [2.45, 2.75) is 19.4 Å². The average molecular weight is 187 g/mol. The lowest BCUT2D eigenvalue weighted by Gasteiger charge is -2.09. The van der Waals surface area contributed by atoms with Crippen molar-refractivity contribution in [2.75, 3.05) is 6.61 Å². The third-order valence-corrected chi connectivity index (χ3v) is 2.11. The Morgan fingerprint density at radius 2 is 2.15 bits per heavy atom. The third kappa shape index (κ3) is 2.42. The fraction of sp³-hybridized carbons (Fsp3) is 0.750. The number of rotatable bonds is 4. The molecule has 5 nitrogen and oxygen atoms in total. The minimum atomic E-state index is -0.920. The van der Waals surface area contributed by atoms with Crippen molar-refractivity contribution in [3.8, 4) is 0 Å². The van der Waals surface area contributed by atoms with E-state index in [4.69, 9.17) is 10.2 Å². The van der Waals surface area contributed by atoms with Crippen LogP contribution in [0.25, 0.3) is 0 Å². The molecule has 1 saturated carbocycles. The lowest BCUT2D eigenvalue weighted by Crippen LogP contribution is -2.36. The maximum absolute atomic E-state index is 11.2. The minimum Gasteiger partial charge on any atom is -0.481 e. The summed E-state index contributed by atoms with van der Waals surface area (Å²) in [5.74, 6) is -2.11. The predicted octanol–water partition coefficient (Wildman–Crippen LogP) is -0.796. The fourth-order valence-electron chi connectivity index (χ4n) is 1.15. The monoisotopic (exact) mass is 187 g/mol. The Balaban J connectivity index is 2.31. The average Bonchev–Trinajstić information content (AvgIpc) is 2.82. The molecule has 1 amide bonds. The Hall–Kier alpha value is -1.10. The fourth-order valence-corrected chi connectivity index (χ4v) is 1.15. The molecule has 0 aromatic carbocycles. The lowest BCUT2D eigenvalue weighted by atomic mass is 10.2. The molecule has 0 bridgehead atoms. The minimum absolute atomic E-state index is 0.129. The Kier molecular flexibility index (Phi) is 2.87. The number of aliphatic hydroxyl groups excluding tert-OH is 1. The summed E-state index contributed by atoms with van der Waals surface area (Å²) in [6, 6.07) is -0.303. The quantitative estimate of drug-likeness (QED) is 0.538. The first-order valence-electron chi connectivity index (χ1n) is 4.20. The molecule has 0 spiro atoms. The topological polar surface area (TPSA) is 86.6 Å². The van der Waals surface area contributed by atoms with Gasteiger partial charge in [0.15, 0.2) is 0 Å². The van der Waals surface area contributed by atoms with Crippen molar-refractivity contribution in [1.82, 2.24) is 5.32 Å². The van der Waals surface area contributed by atoms with Gasteiger partial charge >= 0.3 is 5.97 Å². The van der Waals surface area contributed by atoms with Crippen LogP contribution in [0.1, 0.15) is 13.3 Å². The van der Waals surface area contributed by atoms with Crippen LogP contribution in [0, 0.1) is 11.8 Å². The Morgan fingerprint density at radius 3 is 2.54 bits per heavy atom. The molecule has 0 saturated heterocycles. The Bertz CT molecular complexity index is 228.